The van der Waals surface area contributed by atoms with E-state index in [-0.39, 0.29) is 12.3 Å². The molecular weight excluding hydrogens is 264 g/mol. The van der Waals surface area contributed by atoms with Crippen molar-refractivity contribution in [3.8, 4) is 11.8 Å². The van der Waals surface area contributed by atoms with Crippen molar-refractivity contribution in [2.24, 2.45) is 0 Å². The van der Waals surface area contributed by atoms with E-state index in [1.54, 1.807) is 25.3 Å². The van der Waals surface area contributed by atoms with Crippen LogP contribution >= 0.6 is 0 Å². The number of hydrogen-bond acceptors (Lipinski definition) is 3. The molecule has 4 heteroatoms. The number of ether oxygens (including phenoxy) is 1. The Hall–Kier alpha value is -2.80. The highest BCUT2D eigenvalue weighted by Gasteiger charge is 2.09. The molecule has 0 saturated heterocycles. The average Bonchev–Trinajstić information content (AvgIpc) is 2.49. The quantitative estimate of drug-likeness (QED) is 0.936. The minimum atomic E-state index is -0.163. The predicted molar refractivity (Wildman–Crippen MR) is 81.2 cm³/mol. The molecule has 0 aliphatic carbocycles. The molecule has 0 saturated carbocycles. The zero-order valence-corrected chi connectivity index (χ0v) is 12.0. The van der Waals surface area contributed by atoms with E-state index in [0.29, 0.717) is 17.0 Å². The van der Waals surface area contributed by atoms with Crippen LogP contribution in [0.3, 0.4) is 0 Å². The Balaban J connectivity index is 2.12. The third-order valence-electron chi connectivity index (χ3n) is 3.11. The monoisotopic (exact) mass is 280 g/mol. The van der Waals surface area contributed by atoms with Gasteiger partial charge in [-0.1, -0.05) is 29.8 Å². The van der Waals surface area contributed by atoms with Gasteiger partial charge in [-0.15, -0.1) is 0 Å². The summed E-state index contributed by atoms with van der Waals surface area (Å²) in [4.78, 5) is 12.1. The Morgan fingerprint density at radius 1 is 1.24 bits per heavy atom. The fourth-order valence-corrected chi connectivity index (χ4v) is 1.94. The Bertz CT molecular complexity index is 685. The van der Waals surface area contributed by atoms with E-state index >= 15 is 0 Å². The number of hydrogen-bond donors (Lipinski definition) is 1. The first kappa shape index (κ1) is 14.6. The SMILES string of the molecule is COc1ccc(C#N)c(NC(=O)Cc2ccc(C)cc2)c1. The first-order valence-electron chi connectivity index (χ1n) is 6.56. The lowest BCUT2D eigenvalue weighted by atomic mass is 10.1. The molecule has 0 unspecified atom stereocenters. The van der Waals surface area contributed by atoms with E-state index in [4.69, 9.17) is 10.00 Å². The lowest BCUT2D eigenvalue weighted by Crippen LogP contribution is -2.15. The van der Waals surface area contributed by atoms with E-state index in [9.17, 15) is 4.79 Å². The van der Waals surface area contributed by atoms with Crippen LogP contribution in [-0.2, 0) is 11.2 Å². The van der Waals surface area contributed by atoms with Crippen molar-refractivity contribution < 1.29 is 9.53 Å². The number of methoxy groups -OCH3 is 1. The summed E-state index contributed by atoms with van der Waals surface area (Å²) < 4.78 is 5.11. The van der Waals surface area contributed by atoms with Crippen molar-refractivity contribution in [1.82, 2.24) is 0 Å². The van der Waals surface area contributed by atoms with E-state index in [1.165, 1.54) is 0 Å². The van der Waals surface area contributed by atoms with Crippen LogP contribution in [0.1, 0.15) is 16.7 Å². The molecule has 4 nitrogen and oxygen atoms in total. The van der Waals surface area contributed by atoms with Gasteiger partial charge >= 0.3 is 0 Å². The molecule has 21 heavy (non-hydrogen) atoms. The van der Waals surface area contributed by atoms with Crippen molar-refractivity contribution in [2.45, 2.75) is 13.3 Å². The van der Waals surface area contributed by atoms with Gasteiger partial charge in [-0.2, -0.15) is 5.26 Å². The maximum atomic E-state index is 12.1. The van der Waals surface area contributed by atoms with Gasteiger partial charge in [0.2, 0.25) is 5.91 Å². The van der Waals surface area contributed by atoms with Crippen molar-refractivity contribution in [3.63, 3.8) is 0 Å². The van der Waals surface area contributed by atoms with Gasteiger partial charge in [0.25, 0.3) is 0 Å². The summed E-state index contributed by atoms with van der Waals surface area (Å²) in [5.41, 5.74) is 2.96. The number of nitriles is 1. The summed E-state index contributed by atoms with van der Waals surface area (Å²) in [7, 11) is 1.54. The second kappa shape index (κ2) is 6.58. The second-order valence-electron chi connectivity index (χ2n) is 4.73. The standard InChI is InChI=1S/C17H16N2O2/c1-12-3-5-13(6-4-12)9-17(20)19-16-10-15(21-2)8-7-14(16)11-18/h3-8,10H,9H2,1-2H3,(H,19,20). The topological polar surface area (TPSA) is 62.1 Å². The number of carbonyl (C=O) groups excluding carboxylic acids is 1. The van der Waals surface area contributed by atoms with Crippen molar-refractivity contribution in [2.75, 3.05) is 12.4 Å². The van der Waals surface area contributed by atoms with Crippen LogP contribution in [0.15, 0.2) is 42.5 Å². The Morgan fingerprint density at radius 3 is 2.57 bits per heavy atom. The lowest BCUT2D eigenvalue weighted by Gasteiger charge is -2.09. The molecule has 106 valence electrons. The number of rotatable bonds is 4. The van der Waals surface area contributed by atoms with Crippen molar-refractivity contribution >= 4 is 11.6 Å². The number of carbonyl (C=O) groups is 1. The minimum Gasteiger partial charge on any atom is -0.497 e. The zero-order chi connectivity index (χ0) is 15.2. The summed E-state index contributed by atoms with van der Waals surface area (Å²) >= 11 is 0. The number of aryl methyl sites for hydroxylation is 1. The zero-order valence-electron chi connectivity index (χ0n) is 12.0. The average molecular weight is 280 g/mol. The number of amides is 1. The molecule has 1 N–H and O–H groups in total. The molecule has 0 bridgehead atoms. The highest BCUT2D eigenvalue weighted by atomic mass is 16.5. The largest absolute Gasteiger partial charge is 0.497 e. The van der Waals surface area contributed by atoms with Gasteiger partial charge in [-0.25, -0.2) is 0 Å². The predicted octanol–water partition coefficient (Wildman–Crippen LogP) is 3.06. The van der Waals surface area contributed by atoms with Crippen LogP contribution < -0.4 is 10.1 Å². The Labute approximate surface area is 124 Å². The van der Waals surface area contributed by atoms with Crippen LogP contribution in [0.5, 0.6) is 5.75 Å². The molecule has 2 aromatic carbocycles. The van der Waals surface area contributed by atoms with Crippen LogP contribution in [-0.4, -0.2) is 13.0 Å². The maximum Gasteiger partial charge on any atom is 0.228 e. The Morgan fingerprint density at radius 2 is 1.95 bits per heavy atom. The highest BCUT2D eigenvalue weighted by Crippen LogP contribution is 2.22. The van der Waals surface area contributed by atoms with Gasteiger partial charge in [0.05, 0.1) is 24.8 Å². The summed E-state index contributed by atoms with van der Waals surface area (Å²) in [5, 5.41) is 11.8. The second-order valence-corrected chi connectivity index (χ2v) is 4.73. The first-order chi connectivity index (χ1) is 10.1. The molecule has 0 radical (unpaired) electrons. The van der Waals surface area contributed by atoms with Gasteiger partial charge in [0, 0.05) is 6.07 Å². The fourth-order valence-electron chi connectivity index (χ4n) is 1.94. The fraction of sp³-hybridized carbons (Fsp3) is 0.176. The van der Waals surface area contributed by atoms with E-state index in [1.807, 2.05) is 31.2 Å². The van der Waals surface area contributed by atoms with E-state index in [2.05, 4.69) is 11.4 Å². The molecule has 0 spiro atoms. The van der Waals surface area contributed by atoms with Crippen molar-refractivity contribution in [1.29, 1.82) is 5.26 Å². The van der Waals surface area contributed by atoms with Gasteiger partial charge in [-0.3, -0.25) is 4.79 Å². The van der Waals surface area contributed by atoms with Crippen LogP contribution in [0.2, 0.25) is 0 Å². The summed E-state index contributed by atoms with van der Waals surface area (Å²) in [6.07, 6.45) is 0.266. The molecule has 2 aromatic rings. The molecule has 2 rings (SSSR count). The lowest BCUT2D eigenvalue weighted by molar-refractivity contribution is -0.115. The van der Waals surface area contributed by atoms with Gasteiger partial charge in [-0.05, 0) is 24.6 Å². The molecule has 1 amide bonds. The molecule has 0 heterocycles. The van der Waals surface area contributed by atoms with E-state index in [0.717, 1.165) is 11.1 Å². The molecule has 0 aliphatic heterocycles. The first-order valence-corrected chi connectivity index (χ1v) is 6.56. The van der Waals surface area contributed by atoms with Crippen LogP contribution in [0.25, 0.3) is 0 Å². The van der Waals surface area contributed by atoms with Crippen LogP contribution in [0.4, 0.5) is 5.69 Å². The van der Waals surface area contributed by atoms with Gasteiger partial charge in [0.15, 0.2) is 0 Å². The van der Waals surface area contributed by atoms with Gasteiger partial charge in [0.1, 0.15) is 11.8 Å². The smallest absolute Gasteiger partial charge is 0.228 e. The number of nitrogens with zero attached hydrogens (tertiary/aromatic N) is 1. The minimum absolute atomic E-state index is 0.163. The van der Waals surface area contributed by atoms with Gasteiger partial charge < -0.3 is 10.1 Å². The third-order valence-corrected chi connectivity index (χ3v) is 3.11. The molecular formula is C17H16N2O2. The summed E-state index contributed by atoms with van der Waals surface area (Å²) in [6.45, 7) is 2.00. The molecule has 0 aliphatic rings. The Kier molecular flexibility index (Phi) is 4.57. The molecule has 0 aromatic heterocycles. The van der Waals surface area contributed by atoms with Crippen molar-refractivity contribution in [3.05, 3.63) is 59.2 Å². The summed E-state index contributed by atoms with van der Waals surface area (Å²) in [5.74, 6) is 0.434. The van der Waals surface area contributed by atoms with E-state index < -0.39 is 0 Å². The number of nitrogens with one attached hydrogen (secondary N) is 1. The van der Waals surface area contributed by atoms with Crippen LogP contribution in [0, 0.1) is 18.3 Å². The third kappa shape index (κ3) is 3.83. The summed E-state index contributed by atoms with van der Waals surface area (Å²) in [6, 6.07) is 14.8. The highest BCUT2D eigenvalue weighted by molar-refractivity contribution is 5.93. The maximum absolute atomic E-state index is 12.1. The number of anilines is 1. The normalized spacial score (nSPS) is 9.76. The molecule has 0 atom stereocenters. The molecule has 0 fully saturated rings. The number of benzene rings is 2.